The summed E-state index contributed by atoms with van der Waals surface area (Å²) in [7, 11) is 0. The van der Waals surface area contributed by atoms with Gasteiger partial charge in [-0.1, -0.05) is 13.3 Å². The van der Waals surface area contributed by atoms with Crippen molar-refractivity contribution in [1.29, 1.82) is 0 Å². The van der Waals surface area contributed by atoms with Crippen LogP contribution in [0.15, 0.2) is 0 Å². The molecule has 3 aliphatic rings. The van der Waals surface area contributed by atoms with Gasteiger partial charge in [0.1, 0.15) is 6.04 Å². The van der Waals surface area contributed by atoms with Crippen LogP contribution in [0.1, 0.15) is 39.0 Å². The molecule has 1 N–H and O–H groups in total. The summed E-state index contributed by atoms with van der Waals surface area (Å²) in [5.74, 6) is 1.88. The monoisotopic (exact) mass is 250 g/mol. The smallest absolute Gasteiger partial charge is 0.242 e. The molecule has 1 saturated heterocycles. The highest BCUT2D eigenvalue weighted by atomic mass is 16.2. The third kappa shape index (κ3) is 1.82. The molecule has 1 heterocycles. The quantitative estimate of drug-likeness (QED) is 0.799. The Labute approximate surface area is 108 Å². The summed E-state index contributed by atoms with van der Waals surface area (Å²) in [5, 5.41) is 2.86. The van der Waals surface area contributed by atoms with Crippen molar-refractivity contribution in [2.24, 2.45) is 17.8 Å². The molecular formula is C14H22N2O2. The molecule has 4 unspecified atom stereocenters. The standard InChI is InChI=1S/C14H22N2O2/c1-2-12-13(17)15-5-6-16(12)14(18)11-8-9-3-4-10(11)7-9/h9-12H,2-8H2,1H3,(H,15,17). The number of nitrogens with zero attached hydrogens (tertiary/aromatic N) is 1. The van der Waals surface area contributed by atoms with Gasteiger partial charge < -0.3 is 10.2 Å². The van der Waals surface area contributed by atoms with Crippen molar-refractivity contribution in [2.75, 3.05) is 13.1 Å². The van der Waals surface area contributed by atoms with Crippen LogP contribution in [0.5, 0.6) is 0 Å². The lowest BCUT2D eigenvalue weighted by Gasteiger charge is -2.37. The first-order chi connectivity index (χ1) is 8.70. The SMILES string of the molecule is CCC1C(=O)NCCN1C(=O)C1CC2CCC1C2. The number of amides is 2. The summed E-state index contributed by atoms with van der Waals surface area (Å²) in [6, 6.07) is -0.231. The van der Waals surface area contributed by atoms with Gasteiger partial charge in [0.25, 0.3) is 0 Å². The molecule has 18 heavy (non-hydrogen) atoms. The van der Waals surface area contributed by atoms with Gasteiger partial charge in [0.2, 0.25) is 11.8 Å². The first-order valence-electron chi connectivity index (χ1n) is 7.29. The summed E-state index contributed by atoms with van der Waals surface area (Å²) in [6.07, 6.45) is 5.56. The molecule has 2 bridgehead atoms. The zero-order valence-electron chi connectivity index (χ0n) is 11.0. The third-order valence-electron chi connectivity index (χ3n) is 5.06. The summed E-state index contributed by atoms with van der Waals surface area (Å²) in [4.78, 5) is 26.3. The van der Waals surface area contributed by atoms with E-state index in [1.807, 2.05) is 11.8 Å². The van der Waals surface area contributed by atoms with E-state index in [0.717, 1.165) is 18.8 Å². The van der Waals surface area contributed by atoms with E-state index >= 15 is 0 Å². The average Bonchev–Trinajstić information content (AvgIpc) is 2.99. The molecule has 2 amide bonds. The highest BCUT2D eigenvalue weighted by molar-refractivity contribution is 5.89. The van der Waals surface area contributed by atoms with Crippen LogP contribution in [-0.4, -0.2) is 35.8 Å². The van der Waals surface area contributed by atoms with Crippen molar-refractivity contribution < 1.29 is 9.59 Å². The molecule has 0 aromatic carbocycles. The second kappa shape index (κ2) is 4.56. The molecule has 0 aromatic heterocycles. The fraction of sp³-hybridized carbons (Fsp3) is 0.857. The number of nitrogens with one attached hydrogen (secondary N) is 1. The summed E-state index contributed by atoms with van der Waals surface area (Å²) >= 11 is 0. The molecule has 1 aliphatic heterocycles. The maximum atomic E-state index is 12.7. The Morgan fingerprint density at radius 2 is 2.22 bits per heavy atom. The zero-order valence-corrected chi connectivity index (χ0v) is 11.0. The van der Waals surface area contributed by atoms with Crippen LogP contribution in [0.2, 0.25) is 0 Å². The lowest BCUT2D eigenvalue weighted by atomic mass is 9.87. The van der Waals surface area contributed by atoms with E-state index < -0.39 is 0 Å². The van der Waals surface area contributed by atoms with E-state index in [1.54, 1.807) is 0 Å². The lowest BCUT2D eigenvalue weighted by Crippen LogP contribution is -2.58. The lowest BCUT2D eigenvalue weighted by molar-refractivity contribution is -0.147. The van der Waals surface area contributed by atoms with Crippen molar-refractivity contribution in [3.8, 4) is 0 Å². The molecule has 2 aliphatic carbocycles. The molecule has 4 atom stereocenters. The largest absolute Gasteiger partial charge is 0.353 e. The topological polar surface area (TPSA) is 49.4 Å². The average molecular weight is 250 g/mol. The van der Waals surface area contributed by atoms with Gasteiger partial charge in [-0.05, 0) is 37.5 Å². The van der Waals surface area contributed by atoms with Gasteiger partial charge in [-0.15, -0.1) is 0 Å². The van der Waals surface area contributed by atoms with Gasteiger partial charge in [-0.2, -0.15) is 0 Å². The van der Waals surface area contributed by atoms with E-state index in [2.05, 4.69) is 5.32 Å². The molecule has 4 heteroatoms. The van der Waals surface area contributed by atoms with E-state index in [1.165, 1.54) is 19.3 Å². The molecule has 0 aromatic rings. The van der Waals surface area contributed by atoms with Crippen molar-refractivity contribution in [3.05, 3.63) is 0 Å². The first kappa shape index (κ1) is 12.0. The van der Waals surface area contributed by atoms with E-state index in [9.17, 15) is 9.59 Å². The number of hydrogen-bond donors (Lipinski definition) is 1. The van der Waals surface area contributed by atoms with E-state index in [4.69, 9.17) is 0 Å². The van der Waals surface area contributed by atoms with E-state index in [0.29, 0.717) is 19.0 Å². The minimum absolute atomic E-state index is 0.0280. The molecule has 3 fully saturated rings. The predicted octanol–water partition coefficient (Wildman–Crippen LogP) is 1.16. The maximum Gasteiger partial charge on any atom is 0.242 e. The van der Waals surface area contributed by atoms with E-state index in [-0.39, 0.29) is 23.8 Å². The number of fused-ring (bicyclic) bond motifs is 2. The van der Waals surface area contributed by atoms with Crippen molar-refractivity contribution in [2.45, 2.75) is 45.1 Å². The van der Waals surface area contributed by atoms with Crippen LogP contribution >= 0.6 is 0 Å². The first-order valence-corrected chi connectivity index (χ1v) is 7.29. The Morgan fingerprint density at radius 3 is 2.83 bits per heavy atom. The number of carbonyl (C=O) groups excluding carboxylic acids is 2. The molecule has 2 saturated carbocycles. The van der Waals surface area contributed by atoms with Crippen LogP contribution < -0.4 is 5.32 Å². The molecule has 0 spiro atoms. The van der Waals surface area contributed by atoms with Gasteiger partial charge in [-0.3, -0.25) is 9.59 Å². The number of carbonyl (C=O) groups is 2. The van der Waals surface area contributed by atoms with Crippen LogP contribution in [0.4, 0.5) is 0 Å². The van der Waals surface area contributed by atoms with Crippen molar-refractivity contribution in [1.82, 2.24) is 10.2 Å². The van der Waals surface area contributed by atoms with Crippen LogP contribution in [0, 0.1) is 17.8 Å². The second-order valence-electron chi connectivity index (χ2n) is 6.03. The van der Waals surface area contributed by atoms with Crippen molar-refractivity contribution >= 4 is 11.8 Å². The predicted molar refractivity (Wildman–Crippen MR) is 67.7 cm³/mol. The number of piperazine rings is 1. The normalized spacial score (nSPS) is 38.9. The Morgan fingerprint density at radius 1 is 1.39 bits per heavy atom. The molecule has 4 nitrogen and oxygen atoms in total. The van der Waals surface area contributed by atoms with Gasteiger partial charge >= 0.3 is 0 Å². The zero-order chi connectivity index (χ0) is 12.7. The summed E-state index contributed by atoms with van der Waals surface area (Å²) in [6.45, 7) is 3.29. The van der Waals surface area contributed by atoms with Crippen LogP contribution in [-0.2, 0) is 9.59 Å². The second-order valence-corrected chi connectivity index (χ2v) is 6.03. The Balaban J connectivity index is 1.73. The fourth-order valence-corrected chi connectivity index (χ4v) is 4.14. The minimum atomic E-state index is -0.231. The number of rotatable bonds is 2. The molecule has 0 radical (unpaired) electrons. The molecular weight excluding hydrogens is 228 g/mol. The Bertz CT molecular complexity index is 369. The number of hydrogen-bond acceptors (Lipinski definition) is 2. The summed E-state index contributed by atoms with van der Waals surface area (Å²) in [5.41, 5.74) is 0. The van der Waals surface area contributed by atoms with Crippen LogP contribution in [0.3, 0.4) is 0 Å². The van der Waals surface area contributed by atoms with Crippen molar-refractivity contribution in [3.63, 3.8) is 0 Å². The maximum absolute atomic E-state index is 12.7. The summed E-state index contributed by atoms with van der Waals surface area (Å²) < 4.78 is 0. The molecule has 100 valence electrons. The minimum Gasteiger partial charge on any atom is -0.353 e. The van der Waals surface area contributed by atoms with Gasteiger partial charge in [0.05, 0.1) is 0 Å². The molecule has 3 rings (SSSR count). The fourth-order valence-electron chi connectivity index (χ4n) is 4.14. The third-order valence-corrected chi connectivity index (χ3v) is 5.06. The highest BCUT2D eigenvalue weighted by Gasteiger charge is 2.46. The highest BCUT2D eigenvalue weighted by Crippen LogP contribution is 2.49. The van der Waals surface area contributed by atoms with Gasteiger partial charge in [0, 0.05) is 19.0 Å². The Hall–Kier alpha value is -1.06. The Kier molecular flexibility index (Phi) is 3.04. The van der Waals surface area contributed by atoms with Gasteiger partial charge in [0.15, 0.2) is 0 Å². The van der Waals surface area contributed by atoms with Gasteiger partial charge in [-0.25, -0.2) is 0 Å². The van der Waals surface area contributed by atoms with Crippen LogP contribution in [0.25, 0.3) is 0 Å².